The lowest BCUT2D eigenvalue weighted by atomic mass is 10.2. The van der Waals surface area contributed by atoms with Gasteiger partial charge in [-0.3, -0.25) is 4.79 Å². The van der Waals surface area contributed by atoms with Crippen molar-refractivity contribution >= 4 is 11.7 Å². The fourth-order valence-corrected chi connectivity index (χ4v) is 0.949. The molecule has 14 heavy (non-hydrogen) atoms. The minimum absolute atomic E-state index is 0.109. The molecule has 1 aromatic rings. The molecule has 0 bridgehead atoms. The second-order valence-electron chi connectivity index (χ2n) is 2.86. The molecule has 0 aliphatic carbocycles. The van der Waals surface area contributed by atoms with Crippen molar-refractivity contribution in [1.29, 1.82) is 0 Å². The predicted molar refractivity (Wildman–Crippen MR) is 47.1 cm³/mol. The average molecular weight is 201 g/mol. The highest BCUT2D eigenvalue weighted by Gasteiger charge is 2.10. The van der Waals surface area contributed by atoms with E-state index in [9.17, 15) is 13.6 Å². The van der Waals surface area contributed by atoms with E-state index in [-0.39, 0.29) is 5.69 Å². The fraction of sp³-hybridized carbons (Fsp3) is 0.222. The summed E-state index contributed by atoms with van der Waals surface area (Å²) >= 11 is 0. The summed E-state index contributed by atoms with van der Waals surface area (Å²) in [5.74, 6) is -2.58. The van der Waals surface area contributed by atoms with Crippen molar-refractivity contribution in [3.63, 3.8) is 0 Å². The van der Waals surface area contributed by atoms with E-state index in [1.54, 1.807) is 0 Å². The Hall–Kier alpha value is -1.65. The number of hydrogen-bond donors (Lipinski definition) is 2. The summed E-state index contributed by atoms with van der Waals surface area (Å²) in [6, 6.07) is 1.89. The smallest absolute Gasteiger partial charge is 0.325 e. The van der Waals surface area contributed by atoms with Crippen LogP contribution in [-0.2, 0) is 4.79 Å². The van der Waals surface area contributed by atoms with Crippen LogP contribution < -0.4 is 5.32 Å². The van der Waals surface area contributed by atoms with Crippen LogP contribution in [0.15, 0.2) is 18.2 Å². The molecule has 0 saturated carbocycles. The monoisotopic (exact) mass is 201 g/mol. The first-order valence-corrected chi connectivity index (χ1v) is 3.94. The van der Waals surface area contributed by atoms with Crippen molar-refractivity contribution in [2.24, 2.45) is 0 Å². The van der Waals surface area contributed by atoms with E-state index < -0.39 is 23.6 Å². The Morgan fingerprint density at radius 3 is 2.29 bits per heavy atom. The second-order valence-corrected chi connectivity index (χ2v) is 2.86. The highest BCUT2D eigenvalue weighted by Crippen LogP contribution is 2.13. The zero-order valence-electron chi connectivity index (χ0n) is 7.42. The van der Waals surface area contributed by atoms with Crippen LogP contribution >= 0.6 is 0 Å². The Labute approximate surface area is 79.4 Å². The van der Waals surface area contributed by atoms with Crippen molar-refractivity contribution < 1.29 is 18.7 Å². The summed E-state index contributed by atoms with van der Waals surface area (Å²) in [5.41, 5.74) is 0.109. The number of carboxylic acids is 1. The van der Waals surface area contributed by atoms with Gasteiger partial charge in [0.15, 0.2) is 0 Å². The molecule has 0 spiro atoms. The normalized spacial score (nSPS) is 12.2. The van der Waals surface area contributed by atoms with Crippen LogP contribution in [0.1, 0.15) is 6.92 Å². The van der Waals surface area contributed by atoms with E-state index in [1.165, 1.54) is 6.92 Å². The lowest BCUT2D eigenvalue weighted by molar-refractivity contribution is -0.137. The fourth-order valence-electron chi connectivity index (χ4n) is 0.949. The Balaban J connectivity index is 2.81. The summed E-state index contributed by atoms with van der Waals surface area (Å²) in [4.78, 5) is 10.4. The number of benzene rings is 1. The second kappa shape index (κ2) is 4.04. The first-order chi connectivity index (χ1) is 6.49. The maximum atomic E-state index is 12.7. The summed E-state index contributed by atoms with van der Waals surface area (Å²) in [6.07, 6.45) is 0. The van der Waals surface area contributed by atoms with E-state index in [4.69, 9.17) is 5.11 Å². The first kappa shape index (κ1) is 10.4. The highest BCUT2D eigenvalue weighted by molar-refractivity contribution is 5.76. The number of rotatable bonds is 3. The van der Waals surface area contributed by atoms with E-state index >= 15 is 0 Å². The zero-order chi connectivity index (χ0) is 10.7. The predicted octanol–water partition coefficient (Wildman–Crippen LogP) is 1.85. The summed E-state index contributed by atoms with van der Waals surface area (Å²) < 4.78 is 25.3. The van der Waals surface area contributed by atoms with Crippen LogP contribution in [0.4, 0.5) is 14.5 Å². The van der Waals surface area contributed by atoms with Gasteiger partial charge in [-0.15, -0.1) is 0 Å². The Bertz CT molecular complexity index is 334. The van der Waals surface area contributed by atoms with Crippen LogP contribution in [0.3, 0.4) is 0 Å². The van der Waals surface area contributed by atoms with Gasteiger partial charge in [-0.25, -0.2) is 8.78 Å². The van der Waals surface area contributed by atoms with Gasteiger partial charge in [0, 0.05) is 11.8 Å². The number of halogens is 2. The molecule has 0 heterocycles. The summed E-state index contributed by atoms with van der Waals surface area (Å²) in [6.45, 7) is 1.38. The van der Waals surface area contributed by atoms with Gasteiger partial charge >= 0.3 is 5.97 Å². The standard InChI is InChI=1S/C9H9F2NO2/c1-5(9(13)14)12-8-3-6(10)2-7(11)4-8/h2-5,12H,1H3,(H,13,14). The average Bonchev–Trinajstić information content (AvgIpc) is 2.01. The molecule has 5 heteroatoms. The molecule has 0 radical (unpaired) electrons. The molecule has 0 amide bonds. The van der Waals surface area contributed by atoms with Crippen molar-refractivity contribution in [1.82, 2.24) is 0 Å². The number of nitrogens with one attached hydrogen (secondary N) is 1. The van der Waals surface area contributed by atoms with Gasteiger partial charge < -0.3 is 10.4 Å². The van der Waals surface area contributed by atoms with Crippen LogP contribution in [0.2, 0.25) is 0 Å². The Kier molecular flexibility index (Phi) is 3.01. The number of anilines is 1. The van der Waals surface area contributed by atoms with Crippen molar-refractivity contribution in [2.75, 3.05) is 5.32 Å². The van der Waals surface area contributed by atoms with Crippen LogP contribution in [0, 0.1) is 11.6 Å². The molecular weight excluding hydrogens is 192 g/mol. The largest absolute Gasteiger partial charge is 0.480 e. The van der Waals surface area contributed by atoms with Crippen LogP contribution in [-0.4, -0.2) is 17.1 Å². The SMILES string of the molecule is CC(Nc1cc(F)cc(F)c1)C(=O)O. The first-order valence-electron chi connectivity index (χ1n) is 3.94. The number of hydrogen-bond acceptors (Lipinski definition) is 2. The van der Waals surface area contributed by atoms with Gasteiger partial charge in [-0.05, 0) is 19.1 Å². The number of aliphatic carboxylic acids is 1. The molecule has 0 aromatic heterocycles. The molecule has 76 valence electrons. The maximum absolute atomic E-state index is 12.7. The van der Waals surface area contributed by atoms with Gasteiger partial charge in [0.1, 0.15) is 17.7 Å². The van der Waals surface area contributed by atoms with E-state index in [0.717, 1.165) is 18.2 Å². The Morgan fingerprint density at radius 2 is 1.86 bits per heavy atom. The number of carboxylic acid groups (broad SMARTS) is 1. The molecule has 1 unspecified atom stereocenters. The van der Waals surface area contributed by atoms with Gasteiger partial charge in [-0.2, -0.15) is 0 Å². The number of carbonyl (C=O) groups is 1. The summed E-state index contributed by atoms with van der Waals surface area (Å²) in [7, 11) is 0. The molecule has 0 aliphatic rings. The lowest BCUT2D eigenvalue weighted by Gasteiger charge is -2.10. The van der Waals surface area contributed by atoms with Gasteiger partial charge in [0.2, 0.25) is 0 Å². The van der Waals surface area contributed by atoms with E-state index in [0.29, 0.717) is 0 Å². The minimum atomic E-state index is -1.09. The molecule has 1 rings (SSSR count). The van der Waals surface area contributed by atoms with Gasteiger partial charge in [0.25, 0.3) is 0 Å². The highest BCUT2D eigenvalue weighted by atomic mass is 19.1. The molecule has 1 aromatic carbocycles. The van der Waals surface area contributed by atoms with E-state index in [2.05, 4.69) is 5.32 Å². The summed E-state index contributed by atoms with van der Waals surface area (Å²) in [5, 5.41) is 11.0. The van der Waals surface area contributed by atoms with Crippen molar-refractivity contribution in [3.05, 3.63) is 29.8 Å². The molecular formula is C9H9F2NO2. The quantitative estimate of drug-likeness (QED) is 0.784. The molecule has 1 atom stereocenters. The zero-order valence-corrected chi connectivity index (χ0v) is 7.42. The topological polar surface area (TPSA) is 49.3 Å². The third-order valence-electron chi connectivity index (χ3n) is 1.62. The molecule has 0 aliphatic heterocycles. The third kappa shape index (κ3) is 2.69. The molecule has 2 N–H and O–H groups in total. The molecule has 3 nitrogen and oxygen atoms in total. The van der Waals surface area contributed by atoms with Gasteiger partial charge in [-0.1, -0.05) is 0 Å². The maximum Gasteiger partial charge on any atom is 0.325 e. The van der Waals surface area contributed by atoms with Crippen LogP contribution in [0.5, 0.6) is 0 Å². The van der Waals surface area contributed by atoms with Crippen molar-refractivity contribution in [2.45, 2.75) is 13.0 Å². The Morgan fingerprint density at radius 1 is 1.36 bits per heavy atom. The minimum Gasteiger partial charge on any atom is -0.480 e. The molecule has 0 saturated heterocycles. The van der Waals surface area contributed by atoms with Crippen LogP contribution in [0.25, 0.3) is 0 Å². The van der Waals surface area contributed by atoms with E-state index in [1.807, 2.05) is 0 Å². The van der Waals surface area contributed by atoms with Gasteiger partial charge in [0.05, 0.1) is 0 Å². The van der Waals surface area contributed by atoms with Crippen molar-refractivity contribution in [3.8, 4) is 0 Å². The third-order valence-corrected chi connectivity index (χ3v) is 1.62. The lowest BCUT2D eigenvalue weighted by Crippen LogP contribution is -2.25. The molecule has 0 fully saturated rings.